The Morgan fingerprint density at radius 3 is 2.50 bits per heavy atom. The second kappa shape index (κ2) is 8.26. The summed E-state index contributed by atoms with van der Waals surface area (Å²) in [5.74, 6) is -1.61. The number of nitrogens with zero attached hydrogens (tertiary/aromatic N) is 3. The van der Waals surface area contributed by atoms with E-state index in [1.165, 1.54) is 32.7 Å². The van der Waals surface area contributed by atoms with Crippen molar-refractivity contribution < 1.29 is 27.2 Å². The fourth-order valence-corrected chi connectivity index (χ4v) is 6.05. The lowest BCUT2D eigenvalue weighted by atomic mass is 10.0. The van der Waals surface area contributed by atoms with Gasteiger partial charge in [-0.15, -0.1) is 11.3 Å². The highest BCUT2D eigenvalue weighted by atomic mass is 32.2. The molecule has 0 bridgehead atoms. The normalized spacial score (nSPS) is 22.3. The maximum Gasteiger partial charge on any atom is 0.325 e. The van der Waals surface area contributed by atoms with Gasteiger partial charge in [0, 0.05) is 31.1 Å². The average Bonchev–Trinajstić information content (AvgIpc) is 3.38. The van der Waals surface area contributed by atoms with E-state index in [1.54, 1.807) is 24.4 Å². The van der Waals surface area contributed by atoms with Crippen LogP contribution in [0.5, 0.6) is 0 Å². The van der Waals surface area contributed by atoms with Crippen LogP contribution in [0.3, 0.4) is 0 Å². The van der Waals surface area contributed by atoms with Gasteiger partial charge in [0.25, 0.3) is 5.91 Å². The molecule has 0 aliphatic carbocycles. The van der Waals surface area contributed by atoms with E-state index in [9.17, 15) is 27.2 Å². The number of piperazine rings is 1. The molecule has 1 aromatic heterocycles. The highest BCUT2D eigenvalue weighted by Gasteiger charge is 2.50. The number of thiophene rings is 1. The van der Waals surface area contributed by atoms with Crippen molar-refractivity contribution in [3.63, 3.8) is 0 Å². The Hall–Kier alpha value is -2.83. The van der Waals surface area contributed by atoms with Crippen LogP contribution >= 0.6 is 11.3 Å². The Kier molecular flexibility index (Phi) is 5.77. The molecule has 2 fully saturated rings. The van der Waals surface area contributed by atoms with Crippen molar-refractivity contribution in [2.45, 2.75) is 17.4 Å². The molecular weight excluding hydrogens is 459 g/mol. The number of imide groups is 1. The highest BCUT2D eigenvalue weighted by Crippen LogP contribution is 2.31. The molecule has 3 heterocycles. The van der Waals surface area contributed by atoms with Gasteiger partial charge in [-0.05, 0) is 36.6 Å². The number of carbonyl (C=O) groups is 3. The first-order valence-electron chi connectivity index (χ1n) is 9.84. The summed E-state index contributed by atoms with van der Waals surface area (Å²) in [6.07, 6.45) is 0. The second-order valence-corrected chi connectivity index (χ2v) is 10.6. The number of carbonyl (C=O) groups excluding carboxylic acids is 3. The van der Waals surface area contributed by atoms with Crippen LogP contribution in [0.25, 0.3) is 0 Å². The molecule has 4 rings (SSSR count). The lowest BCUT2D eigenvalue weighted by Gasteiger charge is -2.34. The molecule has 0 radical (unpaired) electrons. The minimum Gasteiger partial charge on any atom is -0.338 e. The lowest BCUT2D eigenvalue weighted by Crippen LogP contribution is -2.53. The number of nitrogens with one attached hydrogen (secondary N) is 1. The first kappa shape index (κ1) is 22.4. The van der Waals surface area contributed by atoms with E-state index in [0.717, 1.165) is 17.0 Å². The Morgan fingerprint density at radius 2 is 1.88 bits per heavy atom. The third-order valence-electron chi connectivity index (χ3n) is 5.61. The first-order valence-corrected chi connectivity index (χ1v) is 12.2. The van der Waals surface area contributed by atoms with Crippen LogP contribution in [0, 0.1) is 5.82 Å². The molecule has 2 aromatic rings. The van der Waals surface area contributed by atoms with E-state index in [4.69, 9.17) is 0 Å². The summed E-state index contributed by atoms with van der Waals surface area (Å²) in [7, 11) is -3.89. The number of rotatable bonds is 5. The van der Waals surface area contributed by atoms with Crippen molar-refractivity contribution in [2.24, 2.45) is 0 Å². The molecule has 4 amide bonds. The SMILES string of the molecule is CC1(c2cccs2)NC(=O)N(CC(=O)N2CCN(S(=O)(=O)c3cccc(F)c3)CC2)C1=O. The number of benzene rings is 1. The fraction of sp³-hybridized carbons (Fsp3) is 0.350. The topological polar surface area (TPSA) is 107 Å². The average molecular weight is 481 g/mol. The van der Waals surface area contributed by atoms with Crippen molar-refractivity contribution in [1.29, 1.82) is 0 Å². The highest BCUT2D eigenvalue weighted by molar-refractivity contribution is 7.89. The maximum atomic E-state index is 13.4. The van der Waals surface area contributed by atoms with Crippen LogP contribution in [0.1, 0.15) is 11.8 Å². The molecule has 1 aromatic carbocycles. The van der Waals surface area contributed by atoms with Gasteiger partial charge in [0.05, 0.1) is 4.90 Å². The van der Waals surface area contributed by atoms with E-state index >= 15 is 0 Å². The Balaban J connectivity index is 1.39. The maximum absolute atomic E-state index is 13.4. The van der Waals surface area contributed by atoms with Crippen LogP contribution in [0.4, 0.5) is 9.18 Å². The summed E-state index contributed by atoms with van der Waals surface area (Å²) in [6.45, 7) is 1.41. The van der Waals surface area contributed by atoms with Gasteiger partial charge < -0.3 is 10.2 Å². The quantitative estimate of drug-likeness (QED) is 0.647. The van der Waals surface area contributed by atoms with Crippen LogP contribution < -0.4 is 5.32 Å². The van der Waals surface area contributed by atoms with E-state index in [2.05, 4.69) is 5.32 Å². The Labute approximate surface area is 188 Å². The minimum absolute atomic E-state index is 0.0254. The van der Waals surface area contributed by atoms with E-state index in [1.807, 2.05) is 0 Å². The van der Waals surface area contributed by atoms with E-state index in [0.29, 0.717) is 4.88 Å². The van der Waals surface area contributed by atoms with Gasteiger partial charge in [-0.25, -0.2) is 17.6 Å². The number of halogens is 1. The second-order valence-electron chi connectivity index (χ2n) is 7.67. The van der Waals surface area contributed by atoms with Crippen molar-refractivity contribution in [2.75, 3.05) is 32.7 Å². The van der Waals surface area contributed by atoms with Crippen molar-refractivity contribution in [1.82, 2.24) is 19.4 Å². The zero-order valence-electron chi connectivity index (χ0n) is 17.2. The molecule has 12 heteroatoms. The van der Waals surface area contributed by atoms with Gasteiger partial charge in [-0.1, -0.05) is 12.1 Å². The summed E-state index contributed by atoms with van der Waals surface area (Å²) >= 11 is 1.33. The molecule has 2 aliphatic heterocycles. The Morgan fingerprint density at radius 1 is 1.16 bits per heavy atom. The van der Waals surface area contributed by atoms with Crippen LogP contribution in [-0.4, -0.2) is 73.1 Å². The number of sulfonamides is 1. The summed E-state index contributed by atoms with van der Waals surface area (Å²) in [5, 5.41) is 4.45. The summed E-state index contributed by atoms with van der Waals surface area (Å²) in [4.78, 5) is 40.8. The van der Waals surface area contributed by atoms with Gasteiger partial charge >= 0.3 is 6.03 Å². The largest absolute Gasteiger partial charge is 0.338 e. The number of hydrogen-bond donors (Lipinski definition) is 1. The molecule has 1 unspecified atom stereocenters. The zero-order valence-corrected chi connectivity index (χ0v) is 18.8. The molecule has 9 nitrogen and oxygen atoms in total. The molecule has 32 heavy (non-hydrogen) atoms. The third-order valence-corrected chi connectivity index (χ3v) is 8.59. The van der Waals surface area contributed by atoms with Crippen LogP contribution in [-0.2, 0) is 25.2 Å². The van der Waals surface area contributed by atoms with Crippen LogP contribution in [0.2, 0.25) is 0 Å². The zero-order chi connectivity index (χ0) is 23.1. The monoisotopic (exact) mass is 480 g/mol. The lowest BCUT2D eigenvalue weighted by molar-refractivity contribution is -0.139. The third kappa shape index (κ3) is 3.89. The van der Waals surface area contributed by atoms with Crippen molar-refractivity contribution in [3.8, 4) is 0 Å². The summed E-state index contributed by atoms with van der Waals surface area (Å²) < 4.78 is 40.1. The molecule has 2 saturated heterocycles. The number of amides is 4. The van der Waals surface area contributed by atoms with Gasteiger partial charge in [-0.2, -0.15) is 4.31 Å². The predicted molar refractivity (Wildman–Crippen MR) is 114 cm³/mol. The summed E-state index contributed by atoms with van der Waals surface area (Å²) in [5.41, 5.74) is -1.22. The van der Waals surface area contributed by atoms with Gasteiger partial charge in [0.2, 0.25) is 15.9 Å². The van der Waals surface area contributed by atoms with E-state index < -0.39 is 45.8 Å². The van der Waals surface area contributed by atoms with Crippen molar-refractivity contribution in [3.05, 3.63) is 52.5 Å². The molecule has 2 aliphatic rings. The first-order chi connectivity index (χ1) is 15.1. The minimum atomic E-state index is -3.89. The van der Waals surface area contributed by atoms with Gasteiger partial charge in [0.15, 0.2) is 5.54 Å². The number of urea groups is 1. The van der Waals surface area contributed by atoms with Gasteiger partial charge in [-0.3, -0.25) is 14.5 Å². The molecule has 0 saturated carbocycles. The summed E-state index contributed by atoms with van der Waals surface area (Å²) in [6, 6.07) is 7.63. The van der Waals surface area contributed by atoms with E-state index in [-0.39, 0.29) is 31.1 Å². The predicted octanol–water partition coefficient (Wildman–Crippen LogP) is 1.19. The van der Waals surface area contributed by atoms with Crippen molar-refractivity contribution >= 4 is 39.2 Å². The van der Waals surface area contributed by atoms with Crippen LogP contribution in [0.15, 0.2) is 46.7 Å². The smallest absolute Gasteiger partial charge is 0.325 e. The molecule has 170 valence electrons. The Bertz CT molecular complexity index is 1160. The fourth-order valence-electron chi connectivity index (χ4n) is 3.76. The number of hydrogen-bond acceptors (Lipinski definition) is 6. The standard InChI is InChI=1S/C20H21FN4O5S2/c1-20(16-6-3-11-31-16)18(27)25(19(28)22-20)13-17(26)23-7-9-24(10-8-23)32(29,30)15-5-2-4-14(21)12-15/h2-6,11-12H,7-10,13H2,1H3,(H,22,28). The molecule has 1 atom stereocenters. The molecule has 1 N–H and O–H groups in total. The van der Waals surface area contributed by atoms with Gasteiger partial charge in [0.1, 0.15) is 12.4 Å². The molecular formula is C20H21FN4O5S2. The molecule has 0 spiro atoms.